The van der Waals surface area contributed by atoms with Crippen molar-refractivity contribution in [3.63, 3.8) is 0 Å². The largest absolute Gasteiger partial charge is 0.394 e. The first-order valence-corrected chi connectivity index (χ1v) is 6.55. The predicted molar refractivity (Wildman–Crippen MR) is 71.1 cm³/mol. The Morgan fingerprint density at radius 1 is 1.47 bits per heavy atom. The summed E-state index contributed by atoms with van der Waals surface area (Å²) < 4.78 is 0. The van der Waals surface area contributed by atoms with Crippen molar-refractivity contribution in [3.8, 4) is 0 Å². The van der Waals surface area contributed by atoms with Crippen molar-refractivity contribution in [1.82, 2.24) is 9.97 Å². The molecule has 1 fully saturated rings. The van der Waals surface area contributed by atoms with E-state index in [4.69, 9.17) is 17.3 Å². The lowest BCUT2D eigenvalue weighted by Crippen LogP contribution is -2.26. The molecule has 0 atom stereocenters. The van der Waals surface area contributed by atoms with E-state index in [-0.39, 0.29) is 5.28 Å². The van der Waals surface area contributed by atoms with Crippen LogP contribution in [0.25, 0.3) is 0 Å². The van der Waals surface area contributed by atoms with Crippen LogP contribution in [-0.4, -0.2) is 16.5 Å². The van der Waals surface area contributed by atoms with Crippen LogP contribution < -0.4 is 11.1 Å². The molecular weight excluding hydrogens is 236 g/mol. The van der Waals surface area contributed by atoms with E-state index in [1.807, 2.05) is 0 Å². The first-order valence-electron chi connectivity index (χ1n) is 6.17. The molecule has 1 heterocycles. The highest BCUT2D eigenvalue weighted by Gasteiger charge is 2.31. The number of hydrogen-bond acceptors (Lipinski definition) is 4. The molecule has 1 aliphatic carbocycles. The van der Waals surface area contributed by atoms with Gasteiger partial charge >= 0.3 is 0 Å². The topological polar surface area (TPSA) is 63.8 Å². The molecule has 4 nitrogen and oxygen atoms in total. The number of aromatic nitrogens is 2. The van der Waals surface area contributed by atoms with E-state index in [1.54, 1.807) is 6.20 Å². The van der Waals surface area contributed by atoms with Crippen LogP contribution in [0.5, 0.6) is 0 Å². The molecule has 0 bridgehead atoms. The van der Waals surface area contributed by atoms with Crippen LogP contribution in [0.3, 0.4) is 0 Å². The molecule has 5 heteroatoms. The Hall–Kier alpha value is -1.03. The van der Waals surface area contributed by atoms with Gasteiger partial charge in [0, 0.05) is 6.54 Å². The number of anilines is 2. The molecule has 1 aromatic rings. The maximum Gasteiger partial charge on any atom is 0.224 e. The zero-order valence-electron chi connectivity index (χ0n) is 10.2. The lowest BCUT2D eigenvalue weighted by Gasteiger charge is -2.28. The second kappa shape index (κ2) is 5.08. The third kappa shape index (κ3) is 2.80. The number of rotatable bonds is 4. The summed E-state index contributed by atoms with van der Waals surface area (Å²) in [7, 11) is 0. The Bertz CT molecular complexity index is 388. The fourth-order valence-electron chi connectivity index (χ4n) is 2.56. The van der Waals surface area contributed by atoms with Gasteiger partial charge < -0.3 is 11.1 Å². The SMILES string of the molecule is CCC1(CNc2nc(Cl)ncc2N)CCCC1. The Balaban J connectivity index is 2.03. The number of nitrogens with zero attached hydrogens (tertiary/aromatic N) is 2. The maximum absolute atomic E-state index is 5.81. The number of halogens is 1. The van der Waals surface area contributed by atoms with Gasteiger partial charge in [-0.1, -0.05) is 19.8 Å². The van der Waals surface area contributed by atoms with Gasteiger partial charge in [0.2, 0.25) is 5.28 Å². The highest BCUT2D eigenvalue weighted by Crippen LogP contribution is 2.41. The van der Waals surface area contributed by atoms with Crippen molar-refractivity contribution in [1.29, 1.82) is 0 Å². The first-order chi connectivity index (χ1) is 8.15. The van der Waals surface area contributed by atoms with Crippen molar-refractivity contribution < 1.29 is 0 Å². The summed E-state index contributed by atoms with van der Waals surface area (Å²) in [5, 5.41) is 3.56. The second-order valence-corrected chi connectivity index (χ2v) is 5.20. The van der Waals surface area contributed by atoms with Crippen molar-refractivity contribution in [2.75, 3.05) is 17.6 Å². The first kappa shape index (κ1) is 12.4. The Morgan fingerprint density at radius 3 is 2.82 bits per heavy atom. The molecular formula is C12H19ClN4. The Kier molecular flexibility index (Phi) is 3.72. The van der Waals surface area contributed by atoms with Gasteiger partial charge in [-0.05, 0) is 36.3 Å². The minimum absolute atomic E-state index is 0.235. The van der Waals surface area contributed by atoms with E-state index in [0.717, 1.165) is 6.54 Å². The monoisotopic (exact) mass is 254 g/mol. The van der Waals surface area contributed by atoms with E-state index >= 15 is 0 Å². The summed E-state index contributed by atoms with van der Waals surface area (Å²) in [5.74, 6) is 0.657. The van der Waals surface area contributed by atoms with Gasteiger partial charge in [-0.2, -0.15) is 4.98 Å². The summed E-state index contributed by atoms with van der Waals surface area (Å²) in [6.07, 6.45) is 7.97. The van der Waals surface area contributed by atoms with Crippen LogP contribution in [0.15, 0.2) is 6.20 Å². The zero-order valence-corrected chi connectivity index (χ0v) is 10.9. The van der Waals surface area contributed by atoms with Gasteiger partial charge in [0.1, 0.15) is 0 Å². The van der Waals surface area contributed by atoms with Crippen molar-refractivity contribution in [2.45, 2.75) is 39.0 Å². The van der Waals surface area contributed by atoms with Crippen LogP contribution in [0, 0.1) is 5.41 Å². The predicted octanol–water partition coefficient (Wildman–Crippen LogP) is 3.09. The van der Waals surface area contributed by atoms with Gasteiger partial charge in [-0.15, -0.1) is 0 Å². The molecule has 94 valence electrons. The molecule has 3 N–H and O–H groups in total. The molecule has 0 saturated heterocycles. The highest BCUT2D eigenvalue weighted by molar-refractivity contribution is 6.28. The molecule has 0 aromatic carbocycles. The van der Waals surface area contributed by atoms with Gasteiger partial charge in [-0.3, -0.25) is 0 Å². The van der Waals surface area contributed by atoms with Crippen molar-refractivity contribution in [2.24, 2.45) is 5.41 Å². The summed E-state index contributed by atoms with van der Waals surface area (Å²) >= 11 is 5.76. The molecule has 0 amide bonds. The van der Waals surface area contributed by atoms with E-state index in [1.165, 1.54) is 32.1 Å². The highest BCUT2D eigenvalue weighted by atomic mass is 35.5. The van der Waals surface area contributed by atoms with Crippen molar-refractivity contribution in [3.05, 3.63) is 11.5 Å². The molecule has 0 radical (unpaired) electrons. The fraction of sp³-hybridized carbons (Fsp3) is 0.667. The third-order valence-electron chi connectivity index (χ3n) is 3.83. The van der Waals surface area contributed by atoms with Gasteiger partial charge in [0.25, 0.3) is 0 Å². The van der Waals surface area contributed by atoms with Crippen LogP contribution >= 0.6 is 11.6 Å². The Labute approximate surface area is 107 Å². The van der Waals surface area contributed by atoms with Crippen molar-refractivity contribution >= 4 is 23.1 Å². The zero-order chi connectivity index (χ0) is 12.3. The third-order valence-corrected chi connectivity index (χ3v) is 4.01. The smallest absolute Gasteiger partial charge is 0.224 e. The second-order valence-electron chi connectivity index (χ2n) is 4.86. The van der Waals surface area contributed by atoms with Crippen LogP contribution in [-0.2, 0) is 0 Å². The fourth-order valence-corrected chi connectivity index (χ4v) is 2.70. The molecule has 17 heavy (non-hydrogen) atoms. The van der Waals surface area contributed by atoms with Gasteiger partial charge in [0.05, 0.1) is 11.9 Å². The standard InChI is InChI=1S/C12H19ClN4/c1-2-12(5-3-4-6-12)8-16-10-9(14)7-15-11(13)17-10/h7H,2-6,8,14H2,1H3,(H,15,16,17). The molecule has 1 aliphatic rings. The maximum atomic E-state index is 5.81. The molecule has 1 aromatic heterocycles. The normalized spacial score (nSPS) is 18.2. The lowest BCUT2D eigenvalue weighted by atomic mass is 9.83. The van der Waals surface area contributed by atoms with E-state index in [0.29, 0.717) is 16.9 Å². The van der Waals surface area contributed by atoms with Crippen LogP contribution in [0.2, 0.25) is 5.28 Å². The number of nitrogens with one attached hydrogen (secondary N) is 1. The van der Waals surface area contributed by atoms with Gasteiger partial charge in [0.15, 0.2) is 5.82 Å². The molecule has 1 saturated carbocycles. The quantitative estimate of drug-likeness (QED) is 0.811. The number of nitrogens with two attached hydrogens (primary N) is 1. The number of hydrogen-bond donors (Lipinski definition) is 2. The average Bonchev–Trinajstić information content (AvgIpc) is 2.80. The summed E-state index contributed by atoms with van der Waals surface area (Å²) in [5.41, 5.74) is 6.77. The summed E-state index contributed by atoms with van der Waals surface area (Å²) in [6.45, 7) is 3.17. The summed E-state index contributed by atoms with van der Waals surface area (Å²) in [6, 6.07) is 0. The average molecular weight is 255 g/mol. The minimum Gasteiger partial charge on any atom is -0.394 e. The lowest BCUT2D eigenvalue weighted by molar-refractivity contribution is 0.306. The van der Waals surface area contributed by atoms with E-state index in [2.05, 4.69) is 22.2 Å². The molecule has 0 unspecified atom stereocenters. The molecule has 0 aliphatic heterocycles. The molecule has 2 rings (SSSR count). The van der Waals surface area contributed by atoms with E-state index in [9.17, 15) is 0 Å². The van der Waals surface area contributed by atoms with Crippen LogP contribution in [0.4, 0.5) is 11.5 Å². The van der Waals surface area contributed by atoms with Gasteiger partial charge in [-0.25, -0.2) is 4.98 Å². The van der Waals surface area contributed by atoms with Crippen LogP contribution in [0.1, 0.15) is 39.0 Å². The number of nitrogen functional groups attached to an aromatic ring is 1. The molecule has 0 spiro atoms. The summed E-state index contributed by atoms with van der Waals surface area (Å²) in [4.78, 5) is 7.96. The van der Waals surface area contributed by atoms with E-state index < -0.39 is 0 Å². The Morgan fingerprint density at radius 2 is 2.18 bits per heavy atom. The minimum atomic E-state index is 0.235.